The maximum atomic E-state index is 12.3. The zero-order valence-corrected chi connectivity index (χ0v) is 10.4. The van der Waals surface area contributed by atoms with E-state index in [0.717, 1.165) is 6.54 Å². The molecule has 2 aliphatic rings. The van der Waals surface area contributed by atoms with Crippen molar-refractivity contribution in [2.75, 3.05) is 6.54 Å². The molecule has 86 valence electrons. The molecule has 0 N–H and O–H groups in total. The second kappa shape index (κ2) is 3.62. The van der Waals surface area contributed by atoms with Crippen molar-refractivity contribution >= 4 is 5.91 Å². The number of amides is 1. The molecular formula is C14H19NO. The molecule has 1 heterocycles. The van der Waals surface area contributed by atoms with Gasteiger partial charge in [0.15, 0.2) is 0 Å². The summed E-state index contributed by atoms with van der Waals surface area (Å²) in [5.74, 6) is 0.200. The van der Waals surface area contributed by atoms with Gasteiger partial charge in [0, 0.05) is 12.1 Å². The molecule has 0 aromatic carbocycles. The average molecular weight is 217 g/mol. The summed E-state index contributed by atoms with van der Waals surface area (Å²) in [7, 11) is 0. The molecule has 1 saturated heterocycles. The Hall–Kier alpha value is -1.31. The molecule has 1 atom stereocenters. The Labute approximate surface area is 97.3 Å². The zero-order chi connectivity index (χ0) is 11.9. The van der Waals surface area contributed by atoms with Gasteiger partial charge in [0.25, 0.3) is 0 Å². The highest BCUT2D eigenvalue weighted by molar-refractivity contribution is 5.88. The van der Waals surface area contributed by atoms with Gasteiger partial charge in [-0.3, -0.25) is 4.79 Å². The fraction of sp³-hybridized carbons (Fsp3) is 0.500. The van der Waals surface area contributed by atoms with Crippen molar-refractivity contribution < 1.29 is 4.79 Å². The first kappa shape index (κ1) is 11.2. The number of hydrogen-bond acceptors (Lipinski definition) is 1. The largest absolute Gasteiger partial charge is 0.333 e. The van der Waals surface area contributed by atoms with Gasteiger partial charge in [0.2, 0.25) is 5.91 Å². The summed E-state index contributed by atoms with van der Waals surface area (Å²) >= 11 is 0. The quantitative estimate of drug-likeness (QED) is 0.611. The maximum Gasteiger partial charge on any atom is 0.234 e. The lowest BCUT2D eigenvalue weighted by Crippen LogP contribution is -2.42. The van der Waals surface area contributed by atoms with Gasteiger partial charge in [-0.15, -0.1) is 0 Å². The minimum Gasteiger partial charge on any atom is -0.333 e. The molecule has 0 spiro atoms. The Morgan fingerprint density at radius 3 is 2.62 bits per heavy atom. The third kappa shape index (κ3) is 1.84. The molecule has 1 unspecified atom stereocenters. The van der Waals surface area contributed by atoms with Gasteiger partial charge < -0.3 is 4.90 Å². The first-order chi connectivity index (χ1) is 7.39. The van der Waals surface area contributed by atoms with Gasteiger partial charge in [0.05, 0.1) is 5.92 Å². The topological polar surface area (TPSA) is 20.3 Å². The van der Waals surface area contributed by atoms with Crippen LogP contribution < -0.4 is 0 Å². The third-order valence-electron chi connectivity index (χ3n) is 3.19. The number of hydrogen-bond donors (Lipinski definition) is 0. The second-order valence-corrected chi connectivity index (χ2v) is 5.58. The summed E-state index contributed by atoms with van der Waals surface area (Å²) in [6.07, 6.45) is 8.26. The molecule has 1 aliphatic heterocycles. The van der Waals surface area contributed by atoms with Crippen LogP contribution in [0.2, 0.25) is 0 Å². The maximum absolute atomic E-state index is 12.3. The molecule has 0 aromatic rings. The molecule has 2 rings (SSSR count). The molecule has 0 saturated carbocycles. The summed E-state index contributed by atoms with van der Waals surface area (Å²) in [4.78, 5) is 14.2. The van der Waals surface area contributed by atoms with E-state index in [1.54, 1.807) is 0 Å². The lowest BCUT2D eigenvalue weighted by molar-refractivity contribution is -0.133. The molecule has 16 heavy (non-hydrogen) atoms. The van der Waals surface area contributed by atoms with Crippen LogP contribution in [0, 0.1) is 5.92 Å². The molecule has 0 radical (unpaired) electrons. The smallest absolute Gasteiger partial charge is 0.234 e. The SMILES string of the molecule is CC1=CC=C2CN(C(C)(C)C)C(=O)C2C=C1. The third-order valence-corrected chi connectivity index (χ3v) is 3.19. The lowest BCUT2D eigenvalue weighted by Gasteiger charge is -2.31. The highest BCUT2D eigenvalue weighted by atomic mass is 16.2. The Morgan fingerprint density at radius 2 is 2.00 bits per heavy atom. The van der Waals surface area contributed by atoms with Crippen molar-refractivity contribution in [1.82, 2.24) is 4.90 Å². The van der Waals surface area contributed by atoms with E-state index in [1.807, 2.05) is 17.1 Å². The number of fused-ring (bicyclic) bond motifs is 1. The fourth-order valence-electron chi connectivity index (χ4n) is 2.16. The van der Waals surface area contributed by atoms with E-state index < -0.39 is 0 Å². The molecule has 2 heteroatoms. The predicted octanol–water partition coefficient (Wildman–Crippen LogP) is 2.69. The Morgan fingerprint density at radius 1 is 1.31 bits per heavy atom. The van der Waals surface area contributed by atoms with Crippen LogP contribution in [0.15, 0.2) is 35.5 Å². The van der Waals surface area contributed by atoms with Gasteiger partial charge in [0.1, 0.15) is 0 Å². The number of likely N-dealkylation sites (tertiary alicyclic amines) is 1. The summed E-state index contributed by atoms with van der Waals surface area (Å²) in [6, 6.07) is 0. The van der Waals surface area contributed by atoms with E-state index in [1.165, 1.54) is 11.1 Å². The number of rotatable bonds is 0. The lowest BCUT2D eigenvalue weighted by atomic mass is 10.0. The van der Waals surface area contributed by atoms with E-state index >= 15 is 0 Å². The average Bonchev–Trinajstić information content (AvgIpc) is 2.36. The monoisotopic (exact) mass is 217 g/mol. The van der Waals surface area contributed by atoms with Crippen LogP contribution in [0.1, 0.15) is 27.7 Å². The summed E-state index contributed by atoms with van der Waals surface area (Å²) in [5.41, 5.74) is 2.33. The first-order valence-electron chi connectivity index (χ1n) is 5.76. The molecule has 1 fully saturated rings. The van der Waals surface area contributed by atoms with Crippen molar-refractivity contribution in [1.29, 1.82) is 0 Å². The summed E-state index contributed by atoms with van der Waals surface area (Å²) in [5, 5.41) is 0. The highest BCUT2D eigenvalue weighted by Crippen LogP contribution is 2.32. The van der Waals surface area contributed by atoms with Gasteiger partial charge >= 0.3 is 0 Å². The second-order valence-electron chi connectivity index (χ2n) is 5.58. The van der Waals surface area contributed by atoms with Crippen LogP contribution in [0.4, 0.5) is 0 Å². The van der Waals surface area contributed by atoms with Crippen molar-refractivity contribution in [2.24, 2.45) is 5.92 Å². The first-order valence-corrected chi connectivity index (χ1v) is 5.76. The van der Waals surface area contributed by atoms with Gasteiger partial charge in [-0.2, -0.15) is 0 Å². The van der Waals surface area contributed by atoms with Crippen LogP contribution in [0.25, 0.3) is 0 Å². The molecule has 0 bridgehead atoms. The molecule has 2 nitrogen and oxygen atoms in total. The number of carbonyl (C=O) groups excluding carboxylic acids is 1. The van der Waals surface area contributed by atoms with E-state index in [9.17, 15) is 4.79 Å². The van der Waals surface area contributed by atoms with Crippen LogP contribution in [-0.4, -0.2) is 22.9 Å². The van der Waals surface area contributed by atoms with Crippen molar-refractivity contribution in [2.45, 2.75) is 33.2 Å². The fourth-order valence-corrected chi connectivity index (χ4v) is 2.16. The number of allylic oxidation sites excluding steroid dienone is 4. The van der Waals surface area contributed by atoms with Gasteiger partial charge in [-0.1, -0.05) is 29.9 Å². The predicted molar refractivity (Wildman–Crippen MR) is 65.9 cm³/mol. The van der Waals surface area contributed by atoms with Crippen LogP contribution in [0.3, 0.4) is 0 Å². The van der Waals surface area contributed by atoms with Crippen LogP contribution in [-0.2, 0) is 4.79 Å². The normalized spacial score (nSPS) is 25.1. The summed E-state index contributed by atoms with van der Waals surface area (Å²) in [6.45, 7) is 9.08. The molecule has 1 amide bonds. The number of carbonyl (C=O) groups is 1. The van der Waals surface area contributed by atoms with Crippen molar-refractivity contribution in [3.63, 3.8) is 0 Å². The molecule has 0 aromatic heterocycles. The van der Waals surface area contributed by atoms with E-state index in [2.05, 4.69) is 39.8 Å². The van der Waals surface area contributed by atoms with Gasteiger partial charge in [-0.05, 0) is 33.3 Å². The van der Waals surface area contributed by atoms with Crippen LogP contribution in [0.5, 0.6) is 0 Å². The van der Waals surface area contributed by atoms with Crippen LogP contribution >= 0.6 is 0 Å². The minimum absolute atomic E-state index is 0.0343. The highest BCUT2D eigenvalue weighted by Gasteiger charge is 2.39. The van der Waals surface area contributed by atoms with E-state index in [0.29, 0.717) is 0 Å². The Kier molecular flexibility index (Phi) is 2.53. The van der Waals surface area contributed by atoms with Crippen molar-refractivity contribution in [3.8, 4) is 0 Å². The van der Waals surface area contributed by atoms with Crippen molar-refractivity contribution in [3.05, 3.63) is 35.5 Å². The van der Waals surface area contributed by atoms with E-state index in [-0.39, 0.29) is 17.4 Å². The van der Waals surface area contributed by atoms with Gasteiger partial charge in [-0.25, -0.2) is 0 Å². The number of nitrogens with zero attached hydrogens (tertiary/aromatic N) is 1. The molecule has 1 aliphatic carbocycles. The Balaban J connectivity index is 2.33. The van der Waals surface area contributed by atoms with E-state index in [4.69, 9.17) is 0 Å². The zero-order valence-electron chi connectivity index (χ0n) is 10.4. The summed E-state index contributed by atoms with van der Waals surface area (Å²) < 4.78 is 0. The standard InChI is InChI=1S/C14H19NO/c1-10-5-7-11-9-15(14(2,3)4)13(16)12(11)8-6-10/h5-8,12H,9H2,1-4H3. The Bertz CT molecular complexity index is 407. The minimum atomic E-state index is -0.0866. The molecular weight excluding hydrogens is 198 g/mol.